The van der Waals surface area contributed by atoms with Crippen molar-refractivity contribution in [3.8, 4) is 5.75 Å². The summed E-state index contributed by atoms with van der Waals surface area (Å²) < 4.78 is 5.19. The predicted octanol–water partition coefficient (Wildman–Crippen LogP) is 2.49. The molecular formula is C22H27N3O3. The van der Waals surface area contributed by atoms with E-state index in [-0.39, 0.29) is 23.8 Å². The number of hydrogen-bond acceptors (Lipinski definition) is 4. The summed E-state index contributed by atoms with van der Waals surface area (Å²) in [5, 5.41) is 9.05. The molecule has 1 aliphatic heterocycles. The molecule has 6 heteroatoms. The van der Waals surface area contributed by atoms with Crippen molar-refractivity contribution < 1.29 is 14.3 Å². The second-order valence-corrected chi connectivity index (χ2v) is 7.36. The lowest BCUT2D eigenvalue weighted by molar-refractivity contribution is -0.128. The molecular weight excluding hydrogens is 354 g/mol. The molecule has 0 aromatic heterocycles. The fourth-order valence-corrected chi connectivity index (χ4v) is 3.35. The van der Waals surface area contributed by atoms with Crippen LogP contribution in [0.5, 0.6) is 5.75 Å². The SMILES string of the molecule is COc1cccc(NC(=O)[C@@H](NC(=O)[C@@H]2Cc3ccccc3CN2)C(C)C)c1. The maximum absolute atomic E-state index is 12.8. The summed E-state index contributed by atoms with van der Waals surface area (Å²) in [6.45, 7) is 4.48. The topological polar surface area (TPSA) is 79.5 Å². The number of amides is 2. The van der Waals surface area contributed by atoms with Crippen molar-refractivity contribution in [1.82, 2.24) is 10.6 Å². The minimum absolute atomic E-state index is 0.0505. The van der Waals surface area contributed by atoms with E-state index in [1.807, 2.05) is 38.1 Å². The van der Waals surface area contributed by atoms with Crippen LogP contribution in [0, 0.1) is 5.92 Å². The largest absolute Gasteiger partial charge is 0.497 e. The highest BCUT2D eigenvalue weighted by atomic mass is 16.5. The van der Waals surface area contributed by atoms with Crippen LogP contribution in [0.15, 0.2) is 48.5 Å². The van der Waals surface area contributed by atoms with Crippen LogP contribution in [-0.2, 0) is 22.6 Å². The molecule has 0 radical (unpaired) electrons. The van der Waals surface area contributed by atoms with Gasteiger partial charge in [-0.25, -0.2) is 0 Å². The van der Waals surface area contributed by atoms with Crippen molar-refractivity contribution in [3.05, 3.63) is 59.7 Å². The number of ether oxygens (including phenoxy) is 1. The highest BCUT2D eigenvalue weighted by Gasteiger charge is 2.29. The predicted molar refractivity (Wildman–Crippen MR) is 109 cm³/mol. The first-order chi connectivity index (χ1) is 13.5. The quantitative estimate of drug-likeness (QED) is 0.718. The van der Waals surface area contributed by atoms with Gasteiger partial charge in [0, 0.05) is 18.3 Å². The molecule has 2 amide bonds. The number of hydrogen-bond donors (Lipinski definition) is 3. The number of fused-ring (bicyclic) bond motifs is 1. The number of carbonyl (C=O) groups is 2. The molecule has 6 nitrogen and oxygen atoms in total. The van der Waals surface area contributed by atoms with Crippen LogP contribution in [0.25, 0.3) is 0 Å². The van der Waals surface area contributed by atoms with E-state index in [1.54, 1.807) is 25.3 Å². The number of carbonyl (C=O) groups excluding carboxylic acids is 2. The van der Waals surface area contributed by atoms with E-state index in [0.29, 0.717) is 24.4 Å². The van der Waals surface area contributed by atoms with Gasteiger partial charge in [-0.1, -0.05) is 44.2 Å². The minimum atomic E-state index is -0.627. The Bertz CT molecular complexity index is 850. The third-order valence-electron chi connectivity index (χ3n) is 4.98. The second-order valence-electron chi connectivity index (χ2n) is 7.36. The summed E-state index contributed by atoms with van der Waals surface area (Å²) in [5.74, 6) is 0.209. The van der Waals surface area contributed by atoms with Gasteiger partial charge >= 0.3 is 0 Å². The highest BCUT2D eigenvalue weighted by Crippen LogP contribution is 2.19. The molecule has 0 fully saturated rings. The summed E-state index contributed by atoms with van der Waals surface area (Å²) in [7, 11) is 1.58. The monoisotopic (exact) mass is 381 g/mol. The van der Waals surface area contributed by atoms with Crippen LogP contribution in [0.3, 0.4) is 0 Å². The first-order valence-electron chi connectivity index (χ1n) is 9.53. The lowest BCUT2D eigenvalue weighted by atomic mass is 9.94. The van der Waals surface area contributed by atoms with Gasteiger partial charge in [0.15, 0.2) is 0 Å². The molecule has 0 saturated heterocycles. The van der Waals surface area contributed by atoms with Gasteiger partial charge in [-0.2, -0.15) is 0 Å². The lowest BCUT2D eigenvalue weighted by Gasteiger charge is -2.28. The smallest absolute Gasteiger partial charge is 0.247 e. The molecule has 2 aromatic carbocycles. The van der Waals surface area contributed by atoms with E-state index in [1.165, 1.54) is 11.1 Å². The van der Waals surface area contributed by atoms with Gasteiger partial charge in [0.25, 0.3) is 0 Å². The molecule has 0 unspecified atom stereocenters. The Hall–Kier alpha value is -2.86. The molecule has 0 aliphatic carbocycles. The van der Waals surface area contributed by atoms with E-state index >= 15 is 0 Å². The number of methoxy groups -OCH3 is 1. The van der Waals surface area contributed by atoms with Gasteiger partial charge in [0.05, 0.1) is 13.2 Å². The molecule has 0 spiro atoms. The van der Waals surface area contributed by atoms with Crippen molar-refractivity contribution in [2.24, 2.45) is 5.92 Å². The van der Waals surface area contributed by atoms with Crippen LogP contribution in [-0.4, -0.2) is 31.0 Å². The van der Waals surface area contributed by atoms with Gasteiger partial charge < -0.3 is 20.7 Å². The van der Waals surface area contributed by atoms with Crippen LogP contribution in [0.4, 0.5) is 5.69 Å². The third kappa shape index (κ3) is 4.70. The van der Waals surface area contributed by atoms with E-state index < -0.39 is 6.04 Å². The zero-order chi connectivity index (χ0) is 20.1. The summed E-state index contributed by atoms with van der Waals surface area (Å²) >= 11 is 0. The maximum Gasteiger partial charge on any atom is 0.247 e. The molecule has 2 atom stereocenters. The average molecular weight is 381 g/mol. The zero-order valence-electron chi connectivity index (χ0n) is 16.5. The summed E-state index contributed by atoms with van der Waals surface area (Å²) in [6.07, 6.45) is 0.615. The van der Waals surface area contributed by atoms with Gasteiger partial charge in [0.2, 0.25) is 11.8 Å². The van der Waals surface area contributed by atoms with Crippen LogP contribution >= 0.6 is 0 Å². The van der Waals surface area contributed by atoms with Crippen LogP contribution in [0.1, 0.15) is 25.0 Å². The Balaban J connectivity index is 1.65. The number of rotatable bonds is 6. The first kappa shape index (κ1) is 19.9. The molecule has 1 aliphatic rings. The Morgan fingerprint density at radius 1 is 1.11 bits per heavy atom. The molecule has 0 bridgehead atoms. The first-order valence-corrected chi connectivity index (χ1v) is 9.53. The van der Waals surface area contributed by atoms with Gasteiger partial charge in [-0.15, -0.1) is 0 Å². The molecule has 0 saturated carbocycles. The number of anilines is 1. The Labute approximate surface area is 165 Å². The Kier molecular flexibility index (Phi) is 6.31. The summed E-state index contributed by atoms with van der Waals surface area (Å²) in [4.78, 5) is 25.6. The molecule has 148 valence electrons. The van der Waals surface area contributed by atoms with Crippen molar-refractivity contribution >= 4 is 17.5 Å². The average Bonchev–Trinajstić information content (AvgIpc) is 2.71. The normalized spacial score (nSPS) is 16.8. The van der Waals surface area contributed by atoms with Gasteiger partial charge in [-0.3, -0.25) is 9.59 Å². The van der Waals surface area contributed by atoms with E-state index in [0.717, 1.165) is 0 Å². The summed E-state index contributed by atoms with van der Waals surface area (Å²) in [5.41, 5.74) is 3.01. The standard InChI is InChI=1S/C22H27N3O3/c1-14(2)20(22(27)24-17-9-6-10-18(12-17)28-3)25-21(26)19-11-15-7-4-5-8-16(15)13-23-19/h4-10,12,14,19-20,23H,11,13H2,1-3H3,(H,24,27)(H,25,26)/t19-,20-/m0/s1. The Morgan fingerprint density at radius 2 is 1.86 bits per heavy atom. The molecule has 3 N–H and O–H groups in total. The number of nitrogens with one attached hydrogen (secondary N) is 3. The highest BCUT2D eigenvalue weighted by molar-refractivity contribution is 5.98. The van der Waals surface area contributed by atoms with Crippen LogP contribution in [0.2, 0.25) is 0 Å². The minimum Gasteiger partial charge on any atom is -0.497 e. The molecule has 1 heterocycles. The van der Waals surface area contributed by atoms with E-state index in [4.69, 9.17) is 4.74 Å². The molecule has 3 rings (SSSR count). The van der Waals surface area contributed by atoms with Crippen molar-refractivity contribution in [1.29, 1.82) is 0 Å². The fraction of sp³-hybridized carbons (Fsp3) is 0.364. The van der Waals surface area contributed by atoms with E-state index in [2.05, 4.69) is 22.0 Å². The molecule has 2 aromatic rings. The van der Waals surface area contributed by atoms with Crippen molar-refractivity contribution in [3.63, 3.8) is 0 Å². The van der Waals surface area contributed by atoms with Gasteiger partial charge in [-0.05, 0) is 35.6 Å². The zero-order valence-corrected chi connectivity index (χ0v) is 16.5. The fourth-order valence-electron chi connectivity index (χ4n) is 3.35. The third-order valence-corrected chi connectivity index (χ3v) is 4.98. The number of benzene rings is 2. The van der Waals surface area contributed by atoms with Gasteiger partial charge in [0.1, 0.15) is 11.8 Å². The Morgan fingerprint density at radius 3 is 2.57 bits per heavy atom. The van der Waals surface area contributed by atoms with Crippen molar-refractivity contribution in [2.75, 3.05) is 12.4 Å². The summed E-state index contributed by atoms with van der Waals surface area (Å²) in [6, 6.07) is 14.3. The molecule has 28 heavy (non-hydrogen) atoms. The maximum atomic E-state index is 12.8. The van der Waals surface area contributed by atoms with E-state index in [9.17, 15) is 9.59 Å². The lowest BCUT2D eigenvalue weighted by Crippen LogP contribution is -2.54. The second kappa shape index (κ2) is 8.89. The van der Waals surface area contributed by atoms with Crippen molar-refractivity contribution in [2.45, 2.75) is 38.9 Å². The van der Waals surface area contributed by atoms with Crippen LogP contribution < -0.4 is 20.7 Å².